The van der Waals surface area contributed by atoms with Gasteiger partial charge in [0, 0.05) is 11.6 Å². The molecular weight excluding hydrogens is 264 g/mol. The predicted molar refractivity (Wildman–Crippen MR) is 74.3 cm³/mol. The Hall–Kier alpha value is -1.82. The summed E-state index contributed by atoms with van der Waals surface area (Å²) in [6.45, 7) is 5.43. The lowest BCUT2D eigenvalue weighted by Gasteiger charge is -2.19. The number of fused-ring (bicyclic) bond motifs is 1. The molecule has 2 rings (SSSR count). The third-order valence-electron chi connectivity index (χ3n) is 2.45. The Morgan fingerprint density at radius 3 is 2.68 bits per heavy atom. The van der Waals surface area contributed by atoms with Gasteiger partial charge in [-0.25, -0.2) is 9.36 Å². The van der Waals surface area contributed by atoms with E-state index in [1.54, 1.807) is 6.20 Å². The van der Waals surface area contributed by atoms with Crippen LogP contribution < -0.4 is 5.73 Å². The third kappa shape index (κ3) is 2.96. The summed E-state index contributed by atoms with van der Waals surface area (Å²) in [4.78, 5) is 23.9. The third-order valence-corrected chi connectivity index (χ3v) is 3.36. The summed E-state index contributed by atoms with van der Waals surface area (Å²) in [5, 5.41) is 2.74. The molecule has 0 unspecified atom stereocenters. The average Bonchev–Trinajstić information content (AvgIpc) is 2.77. The SMILES string of the molecule is CC(C)(C)OC(=O)n1cc(CC(N)=O)c2ccsc21. The van der Waals surface area contributed by atoms with Crippen LogP contribution in [0.5, 0.6) is 0 Å². The van der Waals surface area contributed by atoms with E-state index in [0.29, 0.717) is 0 Å². The number of nitrogens with two attached hydrogens (primary N) is 1. The lowest BCUT2D eigenvalue weighted by molar-refractivity contribution is -0.117. The zero-order valence-electron chi connectivity index (χ0n) is 11.1. The molecule has 0 aliphatic carbocycles. The van der Waals surface area contributed by atoms with Crippen LogP contribution in [0.3, 0.4) is 0 Å². The van der Waals surface area contributed by atoms with Crippen molar-refractivity contribution in [3.63, 3.8) is 0 Å². The lowest BCUT2D eigenvalue weighted by Crippen LogP contribution is -2.26. The van der Waals surface area contributed by atoms with Gasteiger partial charge in [0.1, 0.15) is 10.4 Å². The van der Waals surface area contributed by atoms with E-state index in [1.165, 1.54) is 15.9 Å². The fourth-order valence-electron chi connectivity index (χ4n) is 1.79. The Morgan fingerprint density at radius 2 is 2.11 bits per heavy atom. The molecule has 5 nitrogen and oxygen atoms in total. The summed E-state index contributed by atoms with van der Waals surface area (Å²) in [5.41, 5.74) is 5.39. The summed E-state index contributed by atoms with van der Waals surface area (Å²) in [6.07, 6.45) is 1.29. The van der Waals surface area contributed by atoms with Gasteiger partial charge in [-0.1, -0.05) is 0 Å². The second kappa shape index (κ2) is 4.70. The molecule has 2 aromatic rings. The van der Waals surface area contributed by atoms with Gasteiger partial charge in [0.25, 0.3) is 0 Å². The maximum atomic E-state index is 12.1. The van der Waals surface area contributed by atoms with Crippen molar-refractivity contribution in [2.45, 2.75) is 32.8 Å². The molecule has 102 valence electrons. The Balaban J connectivity index is 2.41. The first-order valence-corrected chi connectivity index (χ1v) is 6.75. The van der Waals surface area contributed by atoms with Gasteiger partial charge >= 0.3 is 6.09 Å². The molecule has 0 spiro atoms. The van der Waals surface area contributed by atoms with E-state index >= 15 is 0 Å². The molecule has 1 amide bonds. The molecular formula is C13H16N2O3S. The summed E-state index contributed by atoms with van der Waals surface area (Å²) < 4.78 is 6.77. The molecule has 0 aromatic carbocycles. The fraction of sp³-hybridized carbons (Fsp3) is 0.385. The zero-order valence-corrected chi connectivity index (χ0v) is 11.9. The van der Waals surface area contributed by atoms with Crippen LogP contribution in [0.15, 0.2) is 17.6 Å². The normalized spacial score (nSPS) is 11.7. The van der Waals surface area contributed by atoms with Crippen molar-refractivity contribution < 1.29 is 14.3 Å². The van der Waals surface area contributed by atoms with Crippen LogP contribution >= 0.6 is 11.3 Å². The highest BCUT2D eigenvalue weighted by atomic mass is 32.1. The van der Waals surface area contributed by atoms with Crippen LogP contribution in [-0.4, -0.2) is 22.2 Å². The van der Waals surface area contributed by atoms with Gasteiger partial charge in [-0.05, 0) is 37.8 Å². The topological polar surface area (TPSA) is 74.3 Å². The number of aromatic nitrogens is 1. The number of rotatable bonds is 2. The maximum Gasteiger partial charge on any atom is 0.419 e. The molecule has 2 N–H and O–H groups in total. The van der Waals surface area contributed by atoms with Gasteiger partial charge in [0.2, 0.25) is 5.91 Å². The molecule has 0 aliphatic heterocycles. The van der Waals surface area contributed by atoms with Crippen LogP contribution in [0.4, 0.5) is 4.79 Å². The molecule has 2 aromatic heterocycles. The molecule has 6 heteroatoms. The molecule has 0 radical (unpaired) electrons. The minimum atomic E-state index is -0.561. The zero-order chi connectivity index (χ0) is 14.2. The summed E-state index contributed by atoms with van der Waals surface area (Å²) in [6, 6.07) is 1.87. The minimum absolute atomic E-state index is 0.114. The number of thiophene rings is 1. The number of amides is 1. The highest BCUT2D eigenvalue weighted by molar-refractivity contribution is 7.17. The summed E-state index contributed by atoms with van der Waals surface area (Å²) in [7, 11) is 0. The molecule has 0 aliphatic rings. The van der Waals surface area contributed by atoms with E-state index in [0.717, 1.165) is 15.8 Å². The van der Waals surface area contributed by atoms with E-state index < -0.39 is 17.6 Å². The van der Waals surface area contributed by atoms with E-state index in [9.17, 15) is 9.59 Å². The molecule has 0 fully saturated rings. The lowest BCUT2D eigenvalue weighted by atomic mass is 10.2. The average molecular weight is 280 g/mol. The molecule has 0 bridgehead atoms. The van der Waals surface area contributed by atoms with Crippen molar-refractivity contribution in [2.24, 2.45) is 5.73 Å². The first-order chi connectivity index (χ1) is 8.78. The number of carbonyl (C=O) groups is 2. The predicted octanol–water partition coefficient (Wildman–Crippen LogP) is 2.51. The minimum Gasteiger partial charge on any atom is -0.443 e. The van der Waals surface area contributed by atoms with E-state index in [1.807, 2.05) is 32.2 Å². The first-order valence-electron chi connectivity index (χ1n) is 5.87. The van der Waals surface area contributed by atoms with Crippen LogP contribution in [0.2, 0.25) is 0 Å². The second-order valence-corrected chi connectivity index (χ2v) is 6.18. The number of carbonyl (C=O) groups excluding carboxylic acids is 2. The number of hydrogen-bond donors (Lipinski definition) is 1. The van der Waals surface area contributed by atoms with Crippen molar-refractivity contribution in [1.29, 1.82) is 0 Å². The maximum absolute atomic E-state index is 12.1. The van der Waals surface area contributed by atoms with Gasteiger partial charge in [-0.15, -0.1) is 11.3 Å². The van der Waals surface area contributed by atoms with E-state index in [-0.39, 0.29) is 6.42 Å². The second-order valence-electron chi connectivity index (χ2n) is 5.29. The highest BCUT2D eigenvalue weighted by Gasteiger charge is 2.21. The van der Waals surface area contributed by atoms with Gasteiger partial charge < -0.3 is 10.5 Å². The molecule has 19 heavy (non-hydrogen) atoms. The molecule has 0 saturated carbocycles. The largest absolute Gasteiger partial charge is 0.443 e. The Kier molecular flexibility index (Phi) is 3.36. The Bertz CT molecular complexity index is 634. The number of hydrogen-bond acceptors (Lipinski definition) is 4. The smallest absolute Gasteiger partial charge is 0.419 e. The van der Waals surface area contributed by atoms with Crippen LogP contribution in [0.1, 0.15) is 26.3 Å². The van der Waals surface area contributed by atoms with Crippen LogP contribution in [-0.2, 0) is 16.0 Å². The van der Waals surface area contributed by atoms with Crippen molar-refractivity contribution in [2.75, 3.05) is 0 Å². The summed E-state index contributed by atoms with van der Waals surface area (Å²) in [5.74, 6) is -0.422. The molecule has 2 heterocycles. The molecule has 0 atom stereocenters. The standard InChI is InChI=1S/C13H16N2O3S/c1-13(2,3)18-12(17)15-7-8(6-10(14)16)9-4-5-19-11(9)15/h4-5,7H,6H2,1-3H3,(H2,14,16). The summed E-state index contributed by atoms with van der Waals surface area (Å²) >= 11 is 1.43. The van der Waals surface area contributed by atoms with Crippen molar-refractivity contribution in [1.82, 2.24) is 4.57 Å². The number of ether oxygens (including phenoxy) is 1. The Labute approximate surface area is 115 Å². The quantitative estimate of drug-likeness (QED) is 0.918. The van der Waals surface area contributed by atoms with Gasteiger partial charge in [-0.3, -0.25) is 4.79 Å². The van der Waals surface area contributed by atoms with Crippen LogP contribution in [0.25, 0.3) is 10.2 Å². The van der Waals surface area contributed by atoms with Gasteiger partial charge in [-0.2, -0.15) is 0 Å². The van der Waals surface area contributed by atoms with Gasteiger partial charge in [0.15, 0.2) is 0 Å². The van der Waals surface area contributed by atoms with Crippen molar-refractivity contribution >= 4 is 33.6 Å². The van der Waals surface area contributed by atoms with E-state index in [2.05, 4.69) is 0 Å². The van der Waals surface area contributed by atoms with E-state index in [4.69, 9.17) is 10.5 Å². The van der Waals surface area contributed by atoms with Crippen molar-refractivity contribution in [3.8, 4) is 0 Å². The molecule has 0 saturated heterocycles. The number of primary amides is 1. The van der Waals surface area contributed by atoms with Crippen LogP contribution in [0, 0.1) is 0 Å². The first kappa shape index (κ1) is 13.6. The fourth-order valence-corrected chi connectivity index (χ4v) is 2.69. The monoisotopic (exact) mass is 280 g/mol. The number of nitrogens with zero attached hydrogens (tertiary/aromatic N) is 1. The van der Waals surface area contributed by atoms with Crippen molar-refractivity contribution in [3.05, 3.63) is 23.2 Å². The highest BCUT2D eigenvalue weighted by Crippen LogP contribution is 2.27. The Morgan fingerprint density at radius 1 is 1.42 bits per heavy atom. The van der Waals surface area contributed by atoms with Gasteiger partial charge in [0.05, 0.1) is 6.42 Å².